The first kappa shape index (κ1) is 15.7. The molecule has 2 aromatic heterocycles. The van der Waals surface area contributed by atoms with Gasteiger partial charge in [0.15, 0.2) is 0 Å². The second kappa shape index (κ2) is 6.82. The Bertz CT molecular complexity index is 631. The van der Waals surface area contributed by atoms with E-state index >= 15 is 0 Å². The van der Waals surface area contributed by atoms with E-state index in [2.05, 4.69) is 15.4 Å². The minimum Gasteiger partial charge on any atom is -0.355 e. The van der Waals surface area contributed by atoms with Gasteiger partial charge in [0.25, 0.3) is 0 Å². The van der Waals surface area contributed by atoms with E-state index in [1.165, 1.54) is 16.9 Å². The van der Waals surface area contributed by atoms with E-state index in [1.54, 1.807) is 0 Å². The van der Waals surface area contributed by atoms with Gasteiger partial charge in [-0.25, -0.2) is 4.98 Å². The molecule has 3 N–H and O–H groups in total. The summed E-state index contributed by atoms with van der Waals surface area (Å²) in [5, 5.41) is 10.0. The second-order valence-corrected chi connectivity index (χ2v) is 5.93. The smallest absolute Gasteiger partial charge is 0.226 e. The van der Waals surface area contributed by atoms with Gasteiger partial charge in [-0.1, -0.05) is 0 Å². The van der Waals surface area contributed by atoms with Crippen molar-refractivity contribution in [1.29, 1.82) is 0 Å². The average molecular weight is 307 g/mol. The van der Waals surface area contributed by atoms with E-state index in [4.69, 9.17) is 5.73 Å². The van der Waals surface area contributed by atoms with Crippen LogP contribution in [0.3, 0.4) is 0 Å². The lowest BCUT2D eigenvalue weighted by Gasteiger charge is -2.05. The summed E-state index contributed by atoms with van der Waals surface area (Å²) in [7, 11) is 1.93. The molecule has 0 aliphatic rings. The van der Waals surface area contributed by atoms with Crippen molar-refractivity contribution in [2.45, 2.75) is 33.2 Å². The molecular formula is C14H21N5OS. The molecule has 0 saturated carbocycles. The summed E-state index contributed by atoms with van der Waals surface area (Å²) in [4.78, 5) is 16.2. The molecule has 0 spiro atoms. The summed E-state index contributed by atoms with van der Waals surface area (Å²) in [6.45, 7) is 5.07. The topological polar surface area (TPSA) is 85.8 Å². The third-order valence-electron chi connectivity index (χ3n) is 3.47. The fourth-order valence-corrected chi connectivity index (χ4v) is 2.93. The number of nitrogens with two attached hydrogens (primary N) is 1. The fraction of sp³-hybridized carbons (Fsp3) is 0.500. The SMILES string of the molecule is Cc1nn(C)c(C)c1CCNC(=O)Cc1csc(CN)n1. The van der Waals surface area contributed by atoms with Gasteiger partial charge in [0.2, 0.25) is 5.91 Å². The molecule has 0 bridgehead atoms. The van der Waals surface area contributed by atoms with Crippen molar-refractivity contribution in [3.63, 3.8) is 0 Å². The van der Waals surface area contributed by atoms with E-state index < -0.39 is 0 Å². The number of hydrogen-bond donors (Lipinski definition) is 2. The largest absolute Gasteiger partial charge is 0.355 e. The summed E-state index contributed by atoms with van der Waals surface area (Å²) < 4.78 is 1.87. The van der Waals surface area contributed by atoms with Gasteiger partial charge in [-0.15, -0.1) is 11.3 Å². The Morgan fingerprint density at radius 1 is 1.48 bits per heavy atom. The van der Waals surface area contributed by atoms with Crippen molar-refractivity contribution >= 4 is 17.2 Å². The zero-order valence-electron chi connectivity index (χ0n) is 12.6. The minimum absolute atomic E-state index is 0.0110. The highest BCUT2D eigenvalue weighted by Crippen LogP contribution is 2.12. The van der Waals surface area contributed by atoms with Gasteiger partial charge in [0.05, 0.1) is 17.8 Å². The highest BCUT2D eigenvalue weighted by atomic mass is 32.1. The van der Waals surface area contributed by atoms with Gasteiger partial charge in [0, 0.05) is 31.2 Å². The van der Waals surface area contributed by atoms with Crippen LogP contribution in [0.1, 0.15) is 27.7 Å². The molecule has 21 heavy (non-hydrogen) atoms. The standard InChI is InChI=1S/C14H21N5OS/c1-9-12(10(2)19(3)18-9)4-5-16-13(20)6-11-8-21-14(7-15)17-11/h8H,4-7,15H2,1-3H3,(H,16,20). The number of carbonyl (C=O) groups is 1. The van der Waals surface area contributed by atoms with Crippen LogP contribution in [0.15, 0.2) is 5.38 Å². The number of rotatable bonds is 6. The predicted molar refractivity (Wildman–Crippen MR) is 83.1 cm³/mol. The molecule has 0 unspecified atom stereocenters. The Balaban J connectivity index is 1.81. The molecule has 0 aliphatic carbocycles. The quantitative estimate of drug-likeness (QED) is 0.828. The number of hydrogen-bond acceptors (Lipinski definition) is 5. The van der Waals surface area contributed by atoms with Crippen LogP contribution in [-0.4, -0.2) is 27.2 Å². The van der Waals surface area contributed by atoms with Crippen LogP contribution in [0.2, 0.25) is 0 Å². The van der Waals surface area contributed by atoms with Crippen LogP contribution in [-0.2, 0) is 31.2 Å². The van der Waals surface area contributed by atoms with Crippen LogP contribution in [0.5, 0.6) is 0 Å². The molecule has 7 heteroatoms. The van der Waals surface area contributed by atoms with E-state index in [0.29, 0.717) is 19.5 Å². The van der Waals surface area contributed by atoms with Crippen LogP contribution in [0, 0.1) is 13.8 Å². The number of nitrogens with one attached hydrogen (secondary N) is 1. The Hall–Kier alpha value is -1.73. The first-order valence-corrected chi connectivity index (χ1v) is 7.78. The fourth-order valence-electron chi connectivity index (χ4n) is 2.26. The van der Waals surface area contributed by atoms with Gasteiger partial charge in [-0.2, -0.15) is 5.10 Å². The van der Waals surface area contributed by atoms with Gasteiger partial charge < -0.3 is 11.1 Å². The van der Waals surface area contributed by atoms with Crippen LogP contribution in [0.25, 0.3) is 0 Å². The monoisotopic (exact) mass is 307 g/mol. The third-order valence-corrected chi connectivity index (χ3v) is 4.39. The number of carbonyl (C=O) groups excluding carboxylic acids is 1. The van der Waals surface area contributed by atoms with Crippen molar-refractivity contribution in [2.24, 2.45) is 12.8 Å². The first-order valence-electron chi connectivity index (χ1n) is 6.90. The van der Waals surface area contributed by atoms with Gasteiger partial charge in [-0.05, 0) is 25.8 Å². The number of amides is 1. The van der Waals surface area contributed by atoms with Crippen molar-refractivity contribution in [2.75, 3.05) is 6.54 Å². The average Bonchev–Trinajstić information content (AvgIpc) is 2.98. The molecule has 0 aliphatic heterocycles. The summed E-state index contributed by atoms with van der Waals surface area (Å²) >= 11 is 1.49. The van der Waals surface area contributed by atoms with E-state index in [9.17, 15) is 4.79 Å². The zero-order chi connectivity index (χ0) is 15.4. The number of aromatic nitrogens is 3. The molecule has 0 fully saturated rings. The molecule has 0 atom stereocenters. The van der Waals surface area contributed by atoms with Crippen LogP contribution < -0.4 is 11.1 Å². The second-order valence-electron chi connectivity index (χ2n) is 4.99. The molecule has 114 valence electrons. The molecule has 2 aromatic rings. The van der Waals surface area contributed by atoms with Gasteiger partial charge in [-0.3, -0.25) is 9.48 Å². The summed E-state index contributed by atoms with van der Waals surface area (Å²) in [5.41, 5.74) is 9.67. The van der Waals surface area contributed by atoms with E-state index in [0.717, 1.165) is 28.5 Å². The predicted octanol–water partition coefficient (Wildman–Crippen LogP) is 0.854. The third kappa shape index (κ3) is 3.89. The minimum atomic E-state index is -0.0110. The number of nitrogens with zero attached hydrogens (tertiary/aromatic N) is 3. The summed E-state index contributed by atoms with van der Waals surface area (Å²) in [5.74, 6) is -0.0110. The van der Waals surface area contributed by atoms with Crippen molar-refractivity contribution in [3.8, 4) is 0 Å². The maximum absolute atomic E-state index is 11.9. The Morgan fingerprint density at radius 2 is 2.24 bits per heavy atom. The summed E-state index contributed by atoms with van der Waals surface area (Å²) in [6.07, 6.45) is 1.10. The molecule has 6 nitrogen and oxygen atoms in total. The molecular weight excluding hydrogens is 286 g/mol. The van der Waals surface area contributed by atoms with Crippen molar-refractivity contribution in [1.82, 2.24) is 20.1 Å². The Morgan fingerprint density at radius 3 is 2.81 bits per heavy atom. The van der Waals surface area contributed by atoms with Gasteiger partial charge >= 0.3 is 0 Å². The highest BCUT2D eigenvalue weighted by molar-refractivity contribution is 7.09. The number of thiazole rings is 1. The molecule has 0 saturated heterocycles. The highest BCUT2D eigenvalue weighted by Gasteiger charge is 2.10. The van der Waals surface area contributed by atoms with Crippen molar-refractivity contribution in [3.05, 3.63) is 33.0 Å². The lowest BCUT2D eigenvalue weighted by molar-refractivity contribution is -0.120. The van der Waals surface area contributed by atoms with Crippen LogP contribution >= 0.6 is 11.3 Å². The lowest BCUT2D eigenvalue weighted by Crippen LogP contribution is -2.27. The Kier molecular flexibility index (Phi) is 5.08. The Labute approximate surface area is 128 Å². The van der Waals surface area contributed by atoms with Crippen molar-refractivity contribution < 1.29 is 4.79 Å². The number of aryl methyl sites for hydroxylation is 2. The molecule has 0 radical (unpaired) electrons. The molecule has 2 rings (SSSR count). The molecule has 0 aromatic carbocycles. The zero-order valence-corrected chi connectivity index (χ0v) is 13.5. The summed E-state index contributed by atoms with van der Waals surface area (Å²) in [6, 6.07) is 0. The first-order chi connectivity index (χ1) is 10.0. The van der Waals surface area contributed by atoms with Crippen LogP contribution in [0.4, 0.5) is 0 Å². The maximum Gasteiger partial charge on any atom is 0.226 e. The normalized spacial score (nSPS) is 10.9. The van der Waals surface area contributed by atoms with E-state index in [-0.39, 0.29) is 5.91 Å². The van der Waals surface area contributed by atoms with E-state index in [1.807, 2.05) is 31.0 Å². The lowest BCUT2D eigenvalue weighted by atomic mass is 10.1. The van der Waals surface area contributed by atoms with Gasteiger partial charge in [0.1, 0.15) is 5.01 Å². The molecule has 2 heterocycles. The maximum atomic E-state index is 11.9. The molecule has 1 amide bonds.